The van der Waals surface area contributed by atoms with Gasteiger partial charge in [-0.3, -0.25) is 0 Å². The standard InChI is InChI=1S/C22H29NO5/c1-23(12-8-11-17-9-6-5-7-10-17)15-18(24)16-28-19-13-20(25-2)22(27-4)21(14-19)26-3/h5-11,13-14,18,24H,12,15-16H2,1-4H3/b11-8+. The average Bonchev–Trinajstić information content (AvgIpc) is 2.72. The number of rotatable bonds is 11. The molecule has 0 aliphatic heterocycles. The second kappa shape index (κ2) is 11.2. The fourth-order valence-electron chi connectivity index (χ4n) is 2.75. The topological polar surface area (TPSA) is 60.4 Å². The van der Waals surface area contributed by atoms with Crippen molar-refractivity contribution >= 4 is 6.08 Å². The Labute approximate surface area is 166 Å². The molecule has 28 heavy (non-hydrogen) atoms. The highest BCUT2D eigenvalue weighted by atomic mass is 16.5. The van der Waals surface area contributed by atoms with Gasteiger partial charge in [0.1, 0.15) is 18.5 Å². The summed E-state index contributed by atoms with van der Waals surface area (Å²) in [6.45, 7) is 1.38. The zero-order valence-corrected chi connectivity index (χ0v) is 16.9. The molecule has 2 aromatic rings. The fourth-order valence-corrected chi connectivity index (χ4v) is 2.75. The van der Waals surface area contributed by atoms with Gasteiger partial charge in [-0.1, -0.05) is 42.5 Å². The van der Waals surface area contributed by atoms with Crippen LogP contribution in [0.1, 0.15) is 5.56 Å². The number of aliphatic hydroxyl groups excluding tert-OH is 1. The van der Waals surface area contributed by atoms with Crippen LogP contribution in [0.3, 0.4) is 0 Å². The minimum atomic E-state index is -0.630. The maximum Gasteiger partial charge on any atom is 0.203 e. The molecule has 1 unspecified atom stereocenters. The number of aliphatic hydroxyl groups is 1. The van der Waals surface area contributed by atoms with E-state index in [-0.39, 0.29) is 6.61 Å². The normalized spacial score (nSPS) is 12.2. The lowest BCUT2D eigenvalue weighted by Crippen LogP contribution is -2.33. The van der Waals surface area contributed by atoms with Gasteiger partial charge >= 0.3 is 0 Å². The molecule has 1 atom stereocenters. The zero-order valence-electron chi connectivity index (χ0n) is 16.9. The molecule has 0 aromatic heterocycles. The summed E-state index contributed by atoms with van der Waals surface area (Å²) in [5.41, 5.74) is 1.15. The third-order valence-electron chi connectivity index (χ3n) is 4.13. The second-order valence-electron chi connectivity index (χ2n) is 6.36. The molecule has 1 N–H and O–H groups in total. The molecule has 0 amide bonds. The van der Waals surface area contributed by atoms with E-state index in [0.717, 1.165) is 12.1 Å². The van der Waals surface area contributed by atoms with Crippen molar-refractivity contribution < 1.29 is 24.1 Å². The van der Waals surface area contributed by atoms with Crippen LogP contribution in [0, 0.1) is 0 Å². The van der Waals surface area contributed by atoms with Crippen LogP contribution in [0.2, 0.25) is 0 Å². The maximum atomic E-state index is 10.3. The molecular formula is C22H29NO5. The van der Waals surface area contributed by atoms with Gasteiger partial charge in [0, 0.05) is 25.2 Å². The fraction of sp³-hybridized carbons (Fsp3) is 0.364. The third kappa shape index (κ3) is 6.48. The van der Waals surface area contributed by atoms with Gasteiger partial charge in [-0.15, -0.1) is 0 Å². The van der Waals surface area contributed by atoms with E-state index in [2.05, 4.69) is 24.3 Å². The number of hydrogen-bond donors (Lipinski definition) is 1. The van der Waals surface area contributed by atoms with Gasteiger partial charge in [0.05, 0.1) is 21.3 Å². The van der Waals surface area contributed by atoms with Gasteiger partial charge in [-0.25, -0.2) is 0 Å². The molecule has 6 nitrogen and oxygen atoms in total. The molecule has 0 saturated heterocycles. The first-order chi connectivity index (χ1) is 13.6. The predicted molar refractivity (Wildman–Crippen MR) is 111 cm³/mol. The van der Waals surface area contributed by atoms with Crippen LogP contribution in [-0.2, 0) is 0 Å². The van der Waals surface area contributed by atoms with E-state index < -0.39 is 6.10 Å². The molecule has 2 aromatic carbocycles. The Bertz CT molecular complexity index is 723. The molecule has 0 aliphatic rings. The van der Waals surface area contributed by atoms with Crippen LogP contribution in [0.15, 0.2) is 48.5 Å². The molecule has 6 heteroatoms. The zero-order chi connectivity index (χ0) is 20.4. The largest absolute Gasteiger partial charge is 0.493 e. The van der Waals surface area contributed by atoms with Crippen molar-refractivity contribution in [1.29, 1.82) is 0 Å². The van der Waals surface area contributed by atoms with E-state index in [1.54, 1.807) is 33.5 Å². The smallest absolute Gasteiger partial charge is 0.203 e. The Kier molecular flexibility index (Phi) is 8.65. The van der Waals surface area contributed by atoms with E-state index in [4.69, 9.17) is 18.9 Å². The second-order valence-corrected chi connectivity index (χ2v) is 6.36. The average molecular weight is 387 g/mol. The maximum absolute atomic E-state index is 10.3. The number of likely N-dealkylation sites (N-methyl/N-ethyl adjacent to an activating group) is 1. The quantitative estimate of drug-likeness (QED) is 0.639. The summed E-state index contributed by atoms with van der Waals surface area (Å²) in [7, 11) is 6.60. The molecule has 0 heterocycles. The summed E-state index contributed by atoms with van der Waals surface area (Å²) < 4.78 is 21.6. The van der Waals surface area contributed by atoms with Crippen LogP contribution in [-0.4, -0.2) is 64.2 Å². The number of hydrogen-bond acceptors (Lipinski definition) is 6. The summed E-state index contributed by atoms with van der Waals surface area (Å²) >= 11 is 0. The summed E-state index contributed by atoms with van der Waals surface area (Å²) in [6.07, 6.45) is 3.51. The van der Waals surface area contributed by atoms with Crippen LogP contribution in [0.5, 0.6) is 23.0 Å². The van der Waals surface area contributed by atoms with Gasteiger partial charge in [-0.2, -0.15) is 0 Å². The van der Waals surface area contributed by atoms with Gasteiger partial charge < -0.3 is 29.0 Å². The molecule has 0 radical (unpaired) electrons. The lowest BCUT2D eigenvalue weighted by atomic mass is 10.2. The monoisotopic (exact) mass is 387 g/mol. The molecule has 2 rings (SSSR count). The SMILES string of the molecule is COc1cc(OCC(O)CN(C)C/C=C/c2ccccc2)cc(OC)c1OC. The minimum Gasteiger partial charge on any atom is -0.493 e. The predicted octanol–water partition coefficient (Wildman–Crippen LogP) is 3.10. The van der Waals surface area contributed by atoms with Gasteiger partial charge in [0.15, 0.2) is 11.5 Å². The summed E-state index contributed by atoms with van der Waals surface area (Å²) in [6, 6.07) is 13.5. The summed E-state index contributed by atoms with van der Waals surface area (Å²) in [5, 5.41) is 10.3. The van der Waals surface area contributed by atoms with E-state index >= 15 is 0 Å². The molecule has 152 valence electrons. The van der Waals surface area contributed by atoms with Crippen molar-refractivity contribution in [2.45, 2.75) is 6.10 Å². The lowest BCUT2D eigenvalue weighted by Gasteiger charge is -2.20. The summed E-state index contributed by atoms with van der Waals surface area (Å²) in [5.74, 6) is 2.06. The van der Waals surface area contributed by atoms with Crippen molar-refractivity contribution in [1.82, 2.24) is 4.90 Å². The Morgan fingerprint density at radius 2 is 1.64 bits per heavy atom. The highest BCUT2D eigenvalue weighted by Gasteiger charge is 2.15. The Morgan fingerprint density at radius 3 is 2.21 bits per heavy atom. The molecule has 0 bridgehead atoms. The Hall–Kier alpha value is -2.70. The van der Waals surface area contributed by atoms with E-state index in [1.807, 2.05) is 30.1 Å². The van der Waals surface area contributed by atoms with Gasteiger partial charge in [0.2, 0.25) is 5.75 Å². The van der Waals surface area contributed by atoms with Crippen LogP contribution in [0.4, 0.5) is 0 Å². The Balaban J connectivity index is 1.84. The molecular weight excluding hydrogens is 358 g/mol. The van der Waals surface area contributed by atoms with Crippen molar-refractivity contribution in [3.63, 3.8) is 0 Å². The molecule has 0 saturated carbocycles. The van der Waals surface area contributed by atoms with Gasteiger partial charge in [-0.05, 0) is 12.6 Å². The number of benzene rings is 2. The third-order valence-corrected chi connectivity index (χ3v) is 4.13. The molecule has 0 fully saturated rings. The van der Waals surface area contributed by atoms with Crippen LogP contribution >= 0.6 is 0 Å². The number of methoxy groups -OCH3 is 3. The van der Waals surface area contributed by atoms with Crippen molar-refractivity contribution in [2.24, 2.45) is 0 Å². The first-order valence-electron chi connectivity index (χ1n) is 9.08. The number of ether oxygens (including phenoxy) is 4. The first kappa shape index (κ1) is 21.6. The highest BCUT2D eigenvalue weighted by molar-refractivity contribution is 5.55. The van der Waals surface area contributed by atoms with Crippen LogP contribution in [0.25, 0.3) is 6.08 Å². The van der Waals surface area contributed by atoms with E-state index in [0.29, 0.717) is 29.5 Å². The molecule has 0 aliphatic carbocycles. The summed E-state index contributed by atoms with van der Waals surface area (Å²) in [4.78, 5) is 2.03. The van der Waals surface area contributed by atoms with E-state index in [9.17, 15) is 5.11 Å². The van der Waals surface area contributed by atoms with E-state index in [1.165, 1.54) is 0 Å². The van der Waals surface area contributed by atoms with Crippen molar-refractivity contribution in [3.05, 3.63) is 54.1 Å². The first-order valence-corrected chi connectivity index (χ1v) is 9.08. The minimum absolute atomic E-state index is 0.158. The van der Waals surface area contributed by atoms with Crippen LogP contribution < -0.4 is 18.9 Å². The van der Waals surface area contributed by atoms with Gasteiger partial charge in [0.25, 0.3) is 0 Å². The van der Waals surface area contributed by atoms with Crippen molar-refractivity contribution in [2.75, 3.05) is 48.1 Å². The number of nitrogens with zero attached hydrogens (tertiary/aromatic N) is 1. The molecule has 0 spiro atoms. The highest BCUT2D eigenvalue weighted by Crippen LogP contribution is 2.40. The lowest BCUT2D eigenvalue weighted by molar-refractivity contribution is 0.0793. The Morgan fingerprint density at radius 1 is 1.00 bits per heavy atom. The van der Waals surface area contributed by atoms with Crippen molar-refractivity contribution in [3.8, 4) is 23.0 Å².